The van der Waals surface area contributed by atoms with Gasteiger partial charge in [0.05, 0.1) is 16.6 Å². The lowest BCUT2D eigenvalue weighted by atomic mass is 10.2. The van der Waals surface area contributed by atoms with Crippen molar-refractivity contribution in [3.05, 3.63) is 53.5 Å². The molecule has 0 saturated heterocycles. The van der Waals surface area contributed by atoms with Gasteiger partial charge in [0, 0.05) is 11.4 Å². The second-order valence-electron chi connectivity index (χ2n) is 4.82. The van der Waals surface area contributed by atoms with Crippen molar-refractivity contribution < 1.29 is 13.4 Å². The molecule has 0 aliphatic rings. The Hall–Kier alpha value is -1.88. The first-order chi connectivity index (χ1) is 10.1. The van der Waals surface area contributed by atoms with E-state index in [0.717, 1.165) is 16.9 Å². The number of furan rings is 1. The highest BCUT2D eigenvalue weighted by Gasteiger charge is 2.13. The minimum atomic E-state index is -1.17. The van der Waals surface area contributed by atoms with E-state index in [2.05, 4.69) is 5.32 Å². The fraction of sp³-hybridized carbons (Fsp3) is 0.312. The molecule has 112 valence electrons. The summed E-state index contributed by atoms with van der Waals surface area (Å²) < 4.78 is 17.7. The molecule has 0 aliphatic heterocycles. The molecule has 1 heterocycles. The summed E-state index contributed by atoms with van der Waals surface area (Å²) in [6.07, 6.45) is 0.872. The molecule has 4 nitrogen and oxygen atoms in total. The number of amides is 1. The van der Waals surface area contributed by atoms with Crippen molar-refractivity contribution >= 4 is 16.7 Å². The third-order valence-corrected chi connectivity index (χ3v) is 4.32. The molecule has 5 heteroatoms. The van der Waals surface area contributed by atoms with Gasteiger partial charge in [0.25, 0.3) is 5.91 Å². The van der Waals surface area contributed by atoms with Gasteiger partial charge in [0.1, 0.15) is 5.76 Å². The van der Waals surface area contributed by atoms with E-state index in [0.29, 0.717) is 12.3 Å². The van der Waals surface area contributed by atoms with Gasteiger partial charge in [-0.25, -0.2) is 0 Å². The van der Waals surface area contributed by atoms with E-state index < -0.39 is 10.8 Å². The summed E-state index contributed by atoms with van der Waals surface area (Å²) in [7, 11) is -1.17. The van der Waals surface area contributed by atoms with Gasteiger partial charge in [0.15, 0.2) is 5.76 Å². The van der Waals surface area contributed by atoms with Crippen LogP contribution in [0.4, 0.5) is 0 Å². The Bertz CT molecular complexity index is 631. The van der Waals surface area contributed by atoms with E-state index in [4.69, 9.17) is 4.42 Å². The highest BCUT2D eigenvalue weighted by molar-refractivity contribution is 7.84. The summed E-state index contributed by atoms with van der Waals surface area (Å²) in [6.45, 7) is 4.59. The predicted molar refractivity (Wildman–Crippen MR) is 82.6 cm³/mol. The molecule has 2 aromatic rings. The molecule has 0 radical (unpaired) electrons. The Morgan fingerprint density at radius 3 is 2.57 bits per heavy atom. The summed E-state index contributed by atoms with van der Waals surface area (Å²) in [5.41, 5.74) is 1.13. The van der Waals surface area contributed by atoms with Crippen LogP contribution in [0.3, 0.4) is 0 Å². The van der Waals surface area contributed by atoms with Crippen LogP contribution in [0.15, 0.2) is 45.7 Å². The number of rotatable bonds is 6. The maximum atomic E-state index is 12.2. The topological polar surface area (TPSA) is 59.3 Å². The molecule has 2 rings (SSSR count). The molecule has 1 N–H and O–H groups in total. The molecule has 0 saturated carbocycles. The molecule has 1 aromatic heterocycles. The number of aryl methyl sites for hydroxylation is 1. The second-order valence-corrected chi connectivity index (χ2v) is 6.28. The number of nitrogens with one attached hydrogen (secondary N) is 1. The largest absolute Gasteiger partial charge is 0.455 e. The van der Waals surface area contributed by atoms with Gasteiger partial charge in [-0.15, -0.1) is 0 Å². The monoisotopic (exact) mass is 305 g/mol. The summed E-state index contributed by atoms with van der Waals surface area (Å²) >= 11 is 0. The summed E-state index contributed by atoms with van der Waals surface area (Å²) in [6, 6.07) is 10.9. The van der Waals surface area contributed by atoms with Gasteiger partial charge in [-0.2, -0.15) is 0 Å². The zero-order chi connectivity index (χ0) is 15.2. The molecular formula is C16H19NO3S. The van der Waals surface area contributed by atoms with Crippen molar-refractivity contribution in [2.24, 2.45) is 0 Å². The van der Waals surface area contributed by atoms with Gasteiger partial charge < -0.3 is 9.73 Å². The molecular weight excluding hydrogens is 286 g/mol. The molecule has 21 heavy (non-hydrogen) atoms. The van der Waals surface area contributed by atoms with Gasteiger partial charge in [-0.3, -0.25) is 9.00 Å². The molecule has 1 atom stereocenters. The van der Waals surface area contributed by atoms with Gasteiger partial charge in [-0.1, -0.05) is 24.6 Å². The Morgan fingerprint density at radius 2 is 1.90 bits per heavy atom. The lowest BCUT2D eigenvalue weighted by Gasteiger charge is -2.02. The predicted octanol–water partition coefficient (Wildman–Crippen LogP) is 3.04. The number of hydrogen-bond donors (Lipinski definition) is 1. The van der Waals surface area contributed by atoms with E-state index in [-0.39, 0.29) is 17.4 Å². The Balaban J connectivity index is 2.00. The molecule has 1 aromatic carbocycles. The SMILES string of the molecule is CCCNC(=O)c1ccc(C[S@@](=O)c2ccc(C)cc2)o1. The van der Waals surface area contributed by atoms with E-state index >= 15 is 0 Å². The molecule has 0 spiro atoms. The molecule has 1 amide bonds. The summed E-state index contributed by atoms with van der Waals surface area (Å²) in [4.78, 5) is 12.5. The first kappa shape index (κ1) is 15.5. The maximum absolute atomic E-state index is 12.2. The van der Waals surface area contributed by atoms with Crippen molar-refractivity contribution in [1.29, 1.82) is 0 Å². The summed E-state index contributed by atoms with van der Waals surface area (Å²) in [5, 5.41) is 2.74. The third kappa shape index (κ3) is 4.29. The van der Waals surface area contributed by atoms with Crippen LogP contribution in [0.2, 0.25) is 0 Å². The number of carbonyl (C=O) groups is 1. The summed E-state index contributed by atoms with van der Waals surface area (Å²) in [5.74, 6) is 0.851. The second kappa shape index (κ2) is 7.22. The van der Waals surface area contributed by atoms with Crippen LogP contribution in [-0.2, 0) is 16.6 Å². The average Bonchev–Trinajstić information content (AvgIpc) is 2.94. The molecule has 0 fully saturated rings. The van der Waals surface area contributed by atoms with Crippen LogP contribution in [0.1, 0.15) is 35.2 Å². The van der Waals surface area contributed by atoms with Crippen molar-refractivity contribution in [1.82, 2.24) is 5.32 Å². The lowest BCUT2D eigenvalue weighted by molar-refractivity contribution is 0.0924. The first-order valence-corrected chi connectivity index (χ1v) is 8.24. The molecule has 0 unspecified atom stereocenters. The quantitative estimate of drug-likeness (QED) is 0.892. The van der Waals surface area contributed by atoms with Crippen LogP contribution in [-0.4, -0.2) is 16.7 Å². The van der Waals surface area contributed by atoms with Gasteiger partial charge in [-0.05, 0) is 37.6 Å². The van der Waals surface area contributed by atoms with Crippen LogP contribution in [0.25, 0.3) is 0 Å². The standard InChI is InChI=1S/C16H19NO3S/c1-3-10-17-16(18)15-9-6-13(20-15)11-21(19)14-7-4-12(2)5-8-14/h4-9H,3,10-11H2,1-2H3,(H,17,18)/t21-/m1/s1. The Kier molecular flexibility index (Phi) is 5.33. The van der Waals surface area contributed by atoms with Gasteiger partial charge >= 0.3 is 0 Å². The minimum Gasteiger partial charge on any atom is -0.455 e. The normalized spacial score (nSPS) is 12.1. The van der Waals surface area contributed by atoms with E-state index in [1.165, 1.54) is 0 Å². The average molecular weight is 305 g/mol. The highest BCUT2D eigenvalue weighted by atomic mass is 32.2. The maximum Gasteiger partial charge on any atom is 0.286 e. The highest BCUT2D eigenvalue weighted by Crippen LogP contribution is 2.15. The van der Waals surface area contributed by atoms with E-state index in [1.807, 2.05) is 38.1 Å². The van der Waals surface area contributed by atoms with Gasteiger partial charge in [0.2, 0.25) is 0 Å². The van der Waals surface area contributed by atoms with Crippen molar-refractivity contribution in [3.63, 3.8) is 0 Å². The number of hydrogen-bond acceptors (Lipinski definition) is 3. The fourth-order valence-corrected chi connectivity index (χ4v) is 2.83. The Morgan fingerprint density at radius 1 is 1.19 bits per heavy atom. The van der Waals surface area contributed by atoms with Crippen molar-refractivity contribution in [2.45, 2.75) is 30.9 Å². The van der Waals surface area contributed by atoms with E-state index in [9.17, 15) is 9.00 Å². The van der Waals surface area contributed by atoms with Crippen LogP contribution in [0.5, 0.6) is 0 Å². The Labute approximate surface area is 127 Å². The first-order valence-electron chi connectivity index (χ1n) is 6.92. The molecule has 0 bridgehead atoms. The third-order valence-electron chi connectivity index (χ3n) is 2.98. The number of carbonyl (C=O) groups excluding carboxylic acids is 1. The number of benzene rings is 1. The molecule has 0 aliphatic carbocycles. The minimum absolute atomic E-state index is 0.232. The van der Waals surface area contributed by atoms with Crippen LogP contribution >= 0.6 is 0 Å². The van der Waals surface area contributed by atoms with Crippen LogP contribution < -0.4 is 5.32 Å². The van der Waals surface area contributed by atoms with E-state index in [1.54, 1.807) is 12.1 Å². The fourth-order valence-electron chi connectivity index (χ4n) is 1.81. The zero-order valence-electron chi connectivity index (χ0n) is 12.2. The zero-order valence-corrected chi connectivity index (χ0v) is 13.0. The lowest BCUT2D eigenvalue weighted by Crippen LogP contribution is -2.23. The van der Waals surface area contributed by atoms with Crippen molar-refractivity contribution in [3.8, 4) is 0 Å². The van der Waals surface area contributed by atoms with Crippen LogP contribution in [0, 0.1) is 6.92 Å². The smallest absolute Gasteiger partial charge is 0.286 e. The van der Waals surface area contributed by atoms with Crippen molar-refractivity contribution in [2.75, 3.05) is 6.54 Å².